The van der Waals surface area contributed by atoms with E-state index in [1.165, 1.54) is 17.9 Å². The molecule has 1 aromatic carbocycles. The molecule has 0 unspecified atom stereocenters. The fourth-order valence-electron chi connectivity index (χ4n) is 4.11. The summed E-state index contributed by atoms with van der Waals surface area (Å²) in [5.74, 6) is 0.287. The SMILES string of the molecule is CNC(=O)[C@H]1O[C@H](n2cnc3c(NCc4cccc(Cl)c4)nc(-c4cncc(C)c4)nc32)[C@H](O)[C@@H]1O. The van der Waals surface area contributed by atoms with E-state index < -0.39 is 30.4 Å². The van der Waals surface area contributed by atoms with E-state index in [9.17, 15) is 15.0 Å². The van der Waals surface area contributed by atoms with Crippen LogP contribution in [0.15, 0.2) is 49.1 Å². The summed E-state index contributed by atoms with van der Waals surface area (Å²) < 4.78 is 7.23. The molecule has 4 heterocycles. The van der Waals surface area contributed by atoms with Crippen LogP contribution in [0, 0.1) is 6.92 Å². The Labute approximate surface area is 211 Å². The number of pyridine rings is 1. The number of hydrogen-bond donors (Lipinski definition) is 4. The Hall–Kier alpha value is -3.64. The van der Waals surface area contributed by atoms with Crippen LogP contribution in [0.4, 0.5) is 5.82 Å². The van der Waals surface area contributed by atoms with Gasteiger partial charge in [0, 0.05) is 36.6 Å². The maximum absolute atomic E-state index is 12.1. The number of anilines is 1. The van der Waals surface area contributed by atoms with Crippen molar-refractivity contribution in [1.29, 1.82) is 0 Å². The largest absolute Gasteiger partial charge is 0.387 e. The molecule has 0 radical (unpaired) electrons. The van der Waals surface area contributed by atoms with E-state index in [0.717, 1.165) is 11.1 Å². The summed E-state index contributed by atoms with van der Waals surface area (Å²) in [6.45, 7) is 2.34. The number of amides is 1. The summed E-state index contributed by atoms with van der Waals surface area (Å²) in [5.41, 5.74) is 3.34. The third-order valence-electron chi connectivity index (χ3n) is 5.92. The van der Waals surface area contributed by atoms with Crippen molar-refractivity contribution >= 4 is 34.5 Å². The number of likely N-dealkylation sites (N-methyl/N-ethyl adjacent to an activating group) is 1. The van der Waals surface area contributed by atoms with Gasteiger partial charge in [-0.1, -0.05) is 23.7 Å². The average molecular weight is 510 g/mol. The number of aliphatic hydroxyl groups excluding tert-OH is 2. The number of fused-ring (bicyclic) bond motifs is 1. The molecule has 1 saturated heterocycles. The second-order valence-electron chi connectivity index (χ2n) is 8.50. The molecule has 0 aliphatic carbocycles. The van der Waals surface area contributed by atoms with Crippen molar-refractivity contribution in [3.63, 3.8) is 0 Å². The molecule has 3 aromatic heterocycles. The van der Waals surface area contributed by atoms with Gasteiger partial charge in [0.15, 0.2) is 35.1 Å². The Kier molecular flexibility index (Phi) is 6.54. The number of carbonyl (C=O) groups excluding carboxylic acids is 1. The predicted molar refractivity (Wildman–Crippen MR) is 132 cm³/mol. The van der Waals surface area contributed by atoms with Crippen molar-refractivity contribution in [1.82, 2.24) is 29.8 Å². The highest BCUT2D eigenvalue weighted by molar-refractivity contribution is 6.30. The minimum absolute atomic E-state index is 0.351. The third kappa shape index (κ3) is 4.49. The van der Waals surface area contributed by atoms with Gasteiger partial charge in [-0.25, -0.2) is 15.0 Å². The first-order chi connectivity index (χ1) is 17.4. The zero-order chi connectivity index (χ0) is 25.4. The van der Waals surface area contributed by atoms with Crippen molar-refractivity contribution in [2.45, 2.75) is 38.0 Å². The van der Waals surface area contributed by atoms with Crippen molar-refractivity contribution in [3.8, 4) is 11.4 Å². The van der Waals surface area contributed by atoms with Gasteiger partial charge in [0.1, 0.15) is 12.2 Å². The number of carbonyl (C=O) groups is 1. The highest BCUT2D eigenvalue weighted by atomic mass is 35.5. The molecule has 4 aromatic rings. The number of halogens is 1. The van der Waals surface area contributed by atoms with Gasteiger partial charge in [-0.15, -0.1) is 0 Å². The first-order valence-corrected chi connectivity index (χ1v) is 11.6. The minimum Gasteiger partial charge on any atom is -0.387 e. The standard InChI is InChI=1S/C24H24ClN7O4/c1-12-6-14(10-27-8-12)20-30-21(28-9-13-4-3-5-15(25)7-13)16-22(31-20)32(11-29-16)24-18(34)17(33)19(36-24)23(35)26-2/h3-8,10-11,17-19,24,33-34H,9H2,1-2H3,(H,26,35)(H,28,30,31)/t17-,18+,19-,24-/m0/s1. The Morgan fingerprint density at radius 1 is 1.19 bits per heavy atom. The van der Waals surface area contributed by atoms with Gasteiger partial charge >= 0.3 is 0 Å². The van der Waals surface area contributed by atoms with Crippen molar-refractivity contribution in [2.75, 3.05) is 12.4 Å². The lowest BCUT2D eigenvalue weighted by atomic mass is 10.1. The number of aliphatic hydroxyl groups is 2. The summed E-state index contributed by atoms with van der Waals surface area (Å²) >= 11 is 6.13. The summed E-state index contributed by atoms with van der Waals surface area (Å²) in [7, 11) is 1.43. The first-order valence-electron chi connectivity index (χ1n) is 11.2. The van der Waals surface area contributed by atoms with Crippen LogP contribution in [0.1, 0.15) is 17.4 Å². The highest BCUT2D eigenvalue weighted by Crippen LogP contribution is 2.33. The molecule has 1 amide bonds. The fourth-order valence-corrected chi connectivity index (χ4v) is 4.33. The zero-order valence-electron chi connectivity index (χ0n) is 19.5. The van der Waals surface area contributed by atoms with Crippen LogP contribution in [0.3, 0.4) is 0 Å². The van der Waals surface area contributed by atoms with Crippen LogP contribution in [0.25, 0.3) is 22.6 Å². The highest BCUT2D eigenvalue weighted by Gasteiger charge is 2.47. The van der Waals surface area contributed by atoms with Crippen LogP contribution < -0.4 is 10.6 Å². The quantitative estimate of drug-likeness (QED) is 0.305. The Morgan fingerprint density at radius 3 is 2.78 bits per heavy atom. The molecule has 0 saturated carbocycles. The smallest absolute Gasteiger partial charge is 0.251 e. The number of benzene rings is 1. The van der Waals surface area contributed by atoms with E-state index in [1.807, 2.05) is 31.2 Å². The molecule has 12 heteroatoms. The molecule has 0 bridgehead atoms. The topological polar surface area (TPSA) is 147 Å². The van der Waals surface area contributed by atoms with Crippen molar-refractivity contribution in [2.24, 2.45) is 0 Å². The zero-order valence-corrected chi connectivity index (χ0v) is 20.2. The number of hydrogen-bond acceptors (Lipinski definition) is 9. The van der Waals surface area contributed by atoms with E-state index in [0.29, 0.717) is 39.9 Å². The lowest BCUT2D eigenvalue weighted by Crippen LogP contribution is -2.41. The van der Waals surface area contributed by atoms with Gasteiger partial charge in [0.05, 0.1) is 6.33 Å². The van der Waals surface area contributed by atoms with E-state index in [4.69, 9.17) is 21.3 Å². The number of nitrogens with one attached hydrogen (secondary N) is 2. The molecule has 5 rings (SSSR count). The van der Waals surface area contributed by atoms with Crippen LogP contribution in [-0.4, -0.2) is 66.0 Å². The molecule has 11 nitrogen and oxygen atoms in total. The lowest BCUT2D eigenvalue weighted by molar-refractivity contribution is -0.137. The summed E-state index contributed by atoms with van der Waals surface area (Å²) in [6, 6.07) is 9.35. The number of ether oxygens (including phenoxy) is 1. The summed E-state index contributed by atoms with van der Waals surface area (Å²) in [5, 5.41) is 27.4. The van der Waals surface area contributed by atoms with Gasteiger partial charge in [-0.3, -0.25) is 14.3 Å². The molecular weight excluding hydrogens is 486 g/mol. The molecule has 1 aliphatic rings. The maximum Gasteiger partial charge on any atom is 0.251 e. The van der Waals surface area contributed by atoms with Gasteiger partial charge in [0.2, 0.25) is 0 Å². The monoisotopic (exact) mass is 509 g/mol. The van der Waals surface area contributed by atoms with Gasteiger partial charge in [0.25, 0.3) is 5.91 Å². The normalized spacial score (nSPS) is 21.6. The molecule has 1 fully saturated rings. The predicted octanol–water partition coefficient (Wildman–Crippen LogP) is 1.83. The molecule has 36 heavy (non-hydrogen) atoms. The van der Waals surface area contributed by atoms with E-state index >= 15 is 0 Å². The van der Waals surface area contributed by atoms with Gasteiger partial charge < -0.3 is 25.6 Å². The molecular formula is C24H24ClN7O4. The number of imidazole rings is 1. The minimum atomic E-state index is -1.42. The van der Waals surface area contributed by atoms with E-state index in [2.05, 4.69) is 25.6 Å². The Balaban J connectivity index is 1.58. The van der Waals surface area contributed by atoms with Gasteiger partial charge in [-0.05, 0) is 36.2 Å². The second-order valence-corrected chi connectivity index (χ2v) is 8.93. The van der Waals surface area contributed by atoms with Crippen LogP contribution in [0.5, 0.6) is 0 Å². The fraction of sp³-hybridized carbons (Fsp3) is 0.292. The molecule has 4 N–H and O–H groups in total. The Bertz CT molecular complexity index is 1430. The van der Waals surface area contributed by atoms with Crippen LogP contribution in [0.2, 0.25) is 5.02 Å². The number of aryl methyl sites for hydroxylation is 1. The number of rotatable bonds is 6. The number of aromatic nitrogens is 5. The molecule has 1 aliphatic heterocycles. The first kappa shape index (κ1) is 24.1. The second kappa shape index (κ2) is 9.78. The summed E-state index contributed by atoms with van der Waals surface area (Å²) in [4.78, 5) is 30.2. The lowest BCUT2D eigenvalue weighted by Gasteiger charge is -2.17. The van der Waals surface area contributed by atoms with Gasteiger partial charge in [-0.2, -0.15) is 0 Å². The molecule has 0 spiro atoms. The van der Waals surface area contributed by atoms with Crippen LogP contribution >= 0.6 is 11.6 Å². The van der Waals surface area contributed by atoms with E-state index in [-0.39, 0.29) is 0 Å². The van der Waals surface area contributed by atoms with Crippen molar-refractivity contribution in [3.05, 3.63) is 65.2 Å². The van der Waals surface area contributed by atoms with Crippen LogP contribution in [-0.2, 0) is 16.1 Å². The van der Waals surface area contributed by atoms with Crippen molar-refractivity contribution < 1.29 is 19.7 Å². The molecule has 186 valence electrons. The average Bonchev–Trinajstić information content (AvgIpc) is 3.43. The molecule has 4 atom stereocenters. The summed E-state index contributed by atoms with van der Waals surface area (Å²) in [6.07, 6.45) is -0.312. The number of nitrogens with zero attached hydrogens (tertiary/aromatic N) is 5. The maximum atomic E-state index is 12.1. The van der Waals surface area contributed by atoms with E-state index in [1.54, 1.807) is 18.5 Å². The Morgan fingerprint density at radius 2 is 2.03 bits per heavy atom. The third-order valence-corrected chi connectivity index (χ3v) is 6.16.